The Hall–Kier alpha value is -6.09. The van der Waals surface area contributed by atoms with Crippen LogP contribution in [-0.2, 0) is 63.9 Å². The lowest BCUT2D eigenvalue weighted by Gasteiger charge is -2.36. The zero-order chi connectivity index (χ0) is 60.0. The summed E-state index contributed by atoms with van der Waals surface area (Å²) in [5.74, 6) is -10.6. The minimum Gasteiger partial charge on any atom is -0.497 e. The fourth-order valence-electron chi connectivity index (χ4n) is 11.0. The van der Waals surface area contributed by atoms with Crippen molar-refractivity contribution in [2.24, 2.45) is 35.5 Å². The molecule has 21 heteroatoms. The second kappa shape index (κ2) is 30.1. The average molecular weight is 1120 g/mol. The lowest BCUT2D eigenvalue weighted by atomic mass is 9.88. The van der Waals surface area contributed by atoms with Crippen LogP contribution < -0.4 is 20.7 Å². The number of aliphatic hydroxyl groups excluding tert-OH is 1. The Morgan fingerprint density at radius 2 is 1.51 bits per heavy atom. The molecule has 0 aliphatic carbocycles. The third-order valence-corrected chi connectivity index (χ3v) is 16.1. The van der Waals surface area contributed by atoms with E-state index < -0.39 is 156 Å². The number of esters is 1. The number of benzene rings is 1. The van der Waals surface area contributed by atoms with Gasteiger partial charge in [-0.2, -0.15) is 0 Å². The van der Waals surface area contributed by atoms with E-state index in [0.717, 1.165) is 6.92 Å². The summed E-state index contributed by atoms with van der Waals surface area (Å²) < 4.78 is 11.1. The summed E-state index contributed by atoms with van der Waals surface area (Å²) in [5.41, 5.74) is 0.656. The first-order valence-electron chi connectivity index (χ1n) is 28.6. The highest BCUT2D eigenvalue weighted by Crippen LogP contribution is 2.28. The highest BCUT2D eigenvalue weighted by Gasteiger charge is 2.45. The Labute approximate surface area is 472 Å². The number of carbonyl (C=O) groups excluding carboxylic acids is 11. The van der Waals surface area contributed by atoms with E-state index in [1.807, 2.05) is 27.7 Å². The number of fused-ring (bicyclic) bond motifs is 1. The fourth-order valence-corrected chi connectivity index (χ4v) is 11.0. The van der Waals surface area contributed by atoms with Gasteiger partial charge in [-0.15, -0.1) is 0 Å². The number of aliphatic hydroxyl groups is 1. The number of hydrogen-bond acceptors (Lipinski definition) is 15. The quantitative estimate of drug-likeness (QED) is 0.112. The number of ether oxygens (including phenoxy) is 2. The van der Waals surface area contributed by atoms with Crippen LogP contribution in [0.2, 0.25) is 0 Å². The molecule has 3 aliphatic rings. The molecule has 12 atom stereocenters. The van der Waals surface area contributed by atoms with Crippen molar-refractivity contribution in [3.05, 3.63) is 29.8 Å². The maximum absolute atomic E-state index is 15.2. The van der Waals surface area contributed by atoms with Crippen molar-refractivity contribution in [1.29, 1.82) is 0 Å². The lowest BCUT2D eigenvalue weighted by molar-refractivity contribution is -0.162. The largest absolute Gasteiger partial charge is 0.497 e. The SMILES string of the molecule is CC[C@@H](C)C1NC(=O)[C@@H](NC(=O)[C@@H](CC(C)C)N(C)C(=O)C2CCCN2C(=O)C(C)=O)[C@@H](C)CC(=O)[C@H](Cc2ccc(OC)cc2)N(C)C(=O)C2CCCN2C(=O)[C@H](CC(C)C)NCC(=O)C(C)C(=O)[C@H](C(C)C)OC(=O)C[C@@H]1O. The van der Waals surface area contributed by atoms with E-state index in [-0.39, 0.29) is 63.6 Å². The minimum atomic E-state index is -1.62. The topological polar surface area (TPSA) is 276 Å². The lowest BCUT2D eigenvalue weighted by Crippen LogP contribution is -2.61. The molecule has 1 aromatic rings. The normalized spacial score (nSPS) is 27.4. The van der Waals surface area contributed by atoms with E-state index in [0.29, 0.717) is 30.6 Å². The molecule has 0 aromatic heterocycles. The monoisotopic (exact) mass is 1120 g/mol. The number of likely N-dealkylation sites (tertiary alicyclic amines) is 1. The smallest absolute Gasteiger partial charge is 0.309 e. The second-order valence-corrected chi connectivity index (χ2v) is 23.6. The van der Waals surface area contributed by atoms with Gasteiger partial charge in [0.15, 0.2) is 23.5 Å². The van der Waals surface area contributed by atoms with E-state index in [1.54, 1.807) is 58.9 Å². The van der Waals surface area contributed by atoms with Gasteiger partial charge in [0.1, 0.15) is 29.9 Å². The standard InChI is InChI=1S/C59H91N7O14/c1-15-35(8)50-47(69)30-49(71)80-53(34(6)7)52(72)37(10)48(70)31-60-41(26-32(2)3)57(76)66-25-17-19-43(66)58(77)63(12)44(29-39-20-22-40(79-14)23-21-39)46(68)28-36(9)51(55(74)61-50)62-54(73)45(27-33(4)5)64(13)59(78)42-18-16-24-65(42)56(75)38(11)67/h20-23,32-37,41-45,47,50-51,53,60,69H,15-19,24-31H2,1-14H3,(H,61,74)(H,62,73)/t35-,36+,37?,41+,42?,43?,44+,45-,47+,50?,51+,53+/m1/s1. The fraction of sp³-hybridized carbons (Fsp3) is 0.712. The number of nitrogens with zero attached hydrogens (tertiary/aromatic N) is 4. The summed E-state index contributed by atoms with van der Waals surface area (Å²) in [7, 11) is 4.42. The van der Waals surface area contributed by atoms with Gasteiger partial charge in [-0.1, -0.05) is 80.9 Å². The summed E-state index contributed by atoms with van der Waals surface area (Å²) in [5, 5.41) is 20.7. The van der Waals surface area contributed by atoms with Crippen LogP contribution in [-0.4, -0.2) is 185 Å². The van der Waals surface area contributed by atoms with E-state index in [4.69, 9.17) is 9.47 Å². The van der Waals surface area contributed by atoms with Crippen LogP contribution in [0.25, 0.3) is 0 Å². The van der Waals surface area contributed by atoms with Gasteiger partial charge in [0, 0.05) is 40.5 Å². The van der Waals surface area contributed by atoms with Crippen LogP contribution in [0, 0.1) is 35.5 Å². The van der Waals surface area contributed by atoms with Crippen molar-refractivity contribution in [2.75, 3.05) is 40.8 Å². The molecule has 0 saturated carbocycles. The highest BCUT2D eigenvalue weighted by atomic mass is 16.5. The molecule has 3 saturated heterocycles. The minimum absolute atomic E-state index is 0.00194. The summed E-state index contributed by atoms with van der Waals surface area (Å²) in [4.78, 5) is 161. The first-order valence-corrected chi connectivity index (χ1v) is 28.6. The van der Waals surface area contributed by atoms with Crippen molar-refractivity contribution in [3.63, 3.8) is 0 Å². The molecule has 3 heterocycles. The molecular formula is C59H91N7O14. The number of Topliss-reactive ketones (excluding diaryl/α,β-unsaturated/α-hetero) is 4. The van der Waals surface area contributed by atoms with Gasteiger partial charge < -0.3 is 44.8 Å². The molecule has 0 bridgehead atoms. The van der Waals surface area contributed by atoms with Gasteiger partial charge in [-0.3, -0.25) is 58.1 Å². The molecular weight excluding hydrogens is 1030 g/mol. The third-order valence-electron chi connectivity index (χ3n) is 16.1. The van der Waals surface area contributed by atoms with Crippen molar-refractivity contribution in [3.8, 4) is 5.75 Å². The van der Waals surface area contributed by atoms with Gasteiger partial charge in [0.2, 0.25) is 35.3 Å². The van der Waals surface area contributed by atoms with Gasteiger partial charge in [-0.25, -0.2) is 0 Å². The number of rotatable bonds is 15. The number of amides is 6. The first-order chi connectivity index (χ1) is 37.5. The van der Waals surface area contributed by atoms with Crippen molar-refractivity contribution >= 4 is 64.5 Å². The molecule has 4 N–H and O–H groups in total. The predicted octanol–water partition coefficient (Wildman–Crippen LogP) is 3.23. The Kier molecular flexibility index (Phi) is 25.0. The molecule has 3 fully saturated rings. The Morgan fingerprint density at radius 1 is 0.875 bits per heavy atom. The molecule has 80 heavy (non-hydrogen) atoms. The van der Waals surface area contributed by atoms with E-state index in [1.165, 1.54) is 47.7 Å². The van der Waals surface area contributed by atoms with E-state index in [2.05, 4.69) is 16.0 Å². The molecule has 3 aliphatic heterocycles. The zero-order valence-electron chi connectivity index (χ0n) is 49.7. The Morgan fingerprint density at radius 3 is 2.09 bits per heavy atom. The molecule has 4 rings (SSSR count). The maximum Gasteiger partial charge on any atom is 0.309 e. The van der Waals surface area contributed by atoms with Gasteiger partial charge in [0.05, 0.1) is 50.2 Å². The van der Waals surface area contributed by atoms with Crippen LogP contribution in [0.3, 0.4) is 0 Å². The van der Waals surface area contributed by atoms with Crippen LogP contribution in [0.4, 0.5) is 0 Å². The number of cyclic esters (lactones) is 1. The van der Waals surface area contributed by atoms with Gasteiger partial charge in [0.25, 0.3) is 5.91 Å². The second-order valence-electron chi connectivity index (χ2n) is 23.6. The highest BCUT2D eigenvalue weighted by molar-refractivity contribution is 6.35. The van der Waals surface area contributed by atoms with Crippen molar-refractivity contribution in [2.45, 2.75) is 195 Å². The maximum atomic E-state index is 15.2. The number of carbonyl (C=O) groups is 11. The third kappa shape index (κ3) is 17.2. The van der Waals surface area contributed by atoms with Crippen LogP contribution in [0.1, 0.15) is 140 Å². The Bertz CT molecular complexity index is 2390. The molecule has 1 aromatic carbocycles. The average Bonchev–Trinajstić information content (AvgIpc) is 4.12. The number of likely N-dealkylation sites (N-methyl/N-ethyl adjacent to an activating group) is 2. The van der Waals surface area contributed by atoms with Crippen LogP contribution in [0.15, 0.2) is 24.3 Å². The molecule has 446 valence electrons. The van der Waals surface area contributed by atoms with Crippen LogP contribution in [0.5, 0.6) is 5.75 Å². The summed E-state index contributed by atoms with van der Waals surface area (Å²) in [6, 6.07) is -1.14. The predicted molar refractivity (Wildman–Crippen MR) is 297 cm³/mol. The number of ketones is 4. The Balaban J connectivity index is 1.88. The summed E-state index contributed by atoms with van der Waals surface area (Å²) in [6.45, 7) is 18.4. The van der Waals surface area contributed by atoms with Crippen LogP contribution >= 0.6 is 0 Å². The van der Waals surface area contributed by atoms with Crippen molar-refractivity contribution in [1.82, 2.24) is 35.6 Å². The van der Waals surface area contributed by atoms with E-state index in [9.17, 15) is 48.3 Å². The van der Waals surface area contributed by atoms with E-state index >= 15 is 9.59 Å². The summed E-state index contributed by atoms with van der Waals surface area (Å²) in [6.07, 6.45) is -1.92. The molecule has 0 spiro atoms. The molecule has 21 nitrogen and oxygen atoms in total. The molecule has 6 amide bonds. The molecule has 0 radical (unpaired) electrons. The number of nitrogens with one attached hydrogen (secondary N) is 3. The zero-order valence-corrected chi connectivity index (χ0v) is 49.7. The first kappa shape index (κ1) is 66.4. The van der Waals surface area contributed by atoms with Gasteiger partial charge >= 0.3 is 5.97 Å². The number of hydrogen-bond donors (Lipinski definition) is 4. The molecule has 4 unspecified atom stereocenters. The number of methoxy groups -OCH3 is 1. The van der Waals surface area contributed by atoms with Crippen molar-refractivity contribution < 1.29 is 67.3 Å². The van der Waals surface area contributed by atoms with Gasteiger partial charge in [-0.05, 0) is 99.2 Å². The summed E-state index contributed by atoms with van der Waals surface area (Å²) >= 11 is 0.